The summed E-state index contributed by atoms with van der Waals surface area (Å²) < 4.78 is 2.46. The first-order valence-electron chi connectivity index (χ1n) is 12.6. The van der Waals surface area contributed by atoms with Gasteiger partial charge in [-0.1, -0.05) is 31.4 Å². The number of likely N-dealkylation sites (N-methyl/N-ethyl adjacent to an activating group) is 1. The largest absolute Gasteiger partial charge is 0.348 e. The molecule has 0 atom stereocenters. The number of aromatic nitrogens is 1. The van der Waals surface area contributed by atoms with Crippen molar-refractivity contribution < 1.29 is 9.59 Å². The molecule has 0 radical (unpaired) electrons. The molecule has 6 heteroatoms. The van der Waals surface area contributed by atoms with Gasteiger partial charge in [0.05, 0.1) is 0 Å². The van der Waals surface area contributed by atoms with Crippen LogP contribution in [-0.4, -0.2) is 59.4 Å². The molecular formula is C28H38N4O2. The van der Waals surface area contributed by atoms with E-state index in [2.05, 4.69) is 41.7 Å². The molecule has 4 rings (SSSR count). The Morgan fingerprint density at radius 3 is 2.35 bits per heavy atom. The van der Waals surface area contributed by atoms with Crippen LogP contribution in [0.3, 0.4) is 0 Å². The second kappa shape index (κ2) is 11.0. The second-order valence-electron chi connectivity index (χ2n) is 9.83. The third-order valence-corrected chi connectivity index (χ3v) is 7.34. The lowest BCUT2D eigenvalue weighted by molar-refractivity contribution is -0.116. The average molecular weight is 463 g/mol. The number of hydrogen-bond acceptors (Lipinski definition) is 3. The third-order valence-electron chi connectivity index (χ3n) is 7.34. The summed E-state index contributed by atoms with van der Waals surface area (Å²) in [7, 11) is 2.08. The van der Waals surface area contributed by atoms with E-state index >= 15 is 0 Å². The zero-order valence-corrected chi connectivity index (χ0v) is 20.8. The van der Waals surface area contributed by atoms with Gasteiger partial charge in [-0.05, 0) is 69.1 Å². The van der Waals surface area contributed by atoms with Gasteiger partial charge in [-0.25, -0.2) is 0 Å². The van der Waals surface area contributed by atoms with Crippen molar-refractivity contribution in [3.8, 4) is 0 Å². The van der Waals surface area contributed by atoms with Gasteiger partial charge in [-0.2, -0.15) is 0 Å². The fourth-order valence-corrected chi connectivity index (χ4v) is 5.24. The van der Waals surface area contributed by atoms with Gasteiger partial charge in [-0.15, -0.1) is 0 Å². The number of piperazine rings is 1. The maximum absolute atomic E-state index is 12.7. The first-order chi connectivity index (χ1) is 16.4. The van der Waals surface area contributed by atoms with Gasteiger partial charge in [0, 0.05) is 61.8 Å². The molecule has 2 fully saturated rings. The molecule has 2 aromatic rings. The Bertz CT molecular complexity index is 1020. The van der Waals surface area contributed by atoms with Gasteiger partial charge in [0.1, 0.15) is 0 Å². The van der Waals surface area contributed by atoms with Crippen molar-refractivity contribution in [3.05, 3.63) is 64.5 Å². The van der Waals surface area contributed by atoms with E-state index in [-0.39, 0.29) is 11.8 Å². The van der Waals surface area contributed by atoms with Crippen molar-refractivity contribution in [2.24, 2.45) is 0 Å². The fourth-order valence-electron chi connectivity index (χ4n) is 5.24. The smallest absolute Gasteiger partial charge is 0.253 e. The van der Waals surface area contributed by atoms with E-state index in [9.17, 15) is 9.59 Å². The highest BCUT2D eigenvalue weighted by atomic mass is 16.2. The zero-order valence-electron chi connectivity index (χ0n) is 20.8. The molecule has 6 nitrogen and oxygen atoms in total. The summed E-state index contributed by atoms with van der Waals surface area (Å²) >= 11 is 0. The average Bonchev–Trinajstić information content (AvgIpc) is 3.15. The molecule has 0 spiro atoms. The molecule has 1 aliphatic heterocycles. The number of carbonyl (C=O) groups is 2. The topological polar surface area (TPSA) is 57.6 Å². The summed E-state index contributed by atoms with van der Waals surface area (Å²) in [6, 6.07) is 10.3. The first-order valence-corrected chi connectivity index (χ1v) is 12.6. The number of hydrogen-bond donors (Lipinski definition) is 1. The monoisotopic (exact) mass is 462 g/mol. The molecule has 34 heavy (non-hydrogen) atoms. The van der Waals surface area contributed by atoms with E-state index in [0.717, 1.165) is 37.3 Å². The van der Waals surface area contributed by atoms with E-state index in [1.54, 1.807) is 6.08 Å². The minimum absolute atomic E-state index is 0.0810. The van der Waals surface area contributed by atoms with Crippen LogP contribution < -0.4 is 5.32 Å². The maximum Gasteiger partial charge on any atom is 0.253 e. The number of carbonyl (C=O) groups excluding carboxylic acids is 2. The Kier molecular flexibility index (Phi) is 7.88. The summed E-state index contributed by atoms with van der Waals surface area (Å²) in [6.45, 7) is 8.11. The lowest BCUT2D eigenvalue weighted by Crippen LogP contribution is -2.47. The summed E-state index contributed by atoms with van der Waals surface area (Å²) in [5, 5.41) is 2.96. The number of nitrogens with zero attached hydrogens (tertiary/aromatic N) is 3. The maximum atomic E-state index is 12.7. The van der Waals surface area contributed by atoms with Crippen molar-refractivity contribution in [2.45, 2.75) is 58.5 Å². The van der Waals surface area contributed by atoms with Crippen LogP contribution in [0, 0.1) is 13.8 Å². The van der Waals surface area contributed by atoms with Crippen LogP contribution in [0.15, 0.2) is 36.4 Å². The summed E-state index contributed by atoms with van der Waals surface area (Å²) in [4.78, 5) is 29.3. The van der Waals surface area contributed by atoms with Crippen molar-refractivity contribution >= 4 is 17.9 Å². The number of amides is 2. The highest BCUT2D eigenvalue weighted by molar-refractivity contribution is 5.94. The predicted molar refractivity (Wildman–Crippen MR) is 137 cm³/mol. The molecule has 1 N–H and O–H groups in total. The molecule has 182 valence electrons. The Morgan fingerprint density at radius 2 is 1.68 bits per heavy atom. The van der Waals surface area contributed by atoms with E-state index < -0.39 is 0 Å². The van der Waals surface area contributed by atoms with Crippen LogP contribution >= 0.6 is 0 Å². The Hall–Kier alpha value is -2.86. The molecule has 1 saturated carbocycles. The van der Waals surface area contributed by atoms with Gasteiger partial charge in [0.25, 0.3) is 5.91 Å². The predicted octanol–water partition coefficient (Wildman–Crippen LogP) is 4.33. The highest BCUT2D eigenvalue weighted by Crippen LogP contribution is 2.32. The summed E-state index contributed by atoms with van der Waals surface area (Å²) in [6.07, 6.45) is 10.0. The second-order valence-corrected chi connectivity index (χ2v) is 9.83. The van der Waals surface area contributed by atoms with E-state index in [0.29, 0.717) is 18.2 Å². The standard InChI is InChI=1S/C28H38N4O2/c1-21-19-25(22(2)32(21)26-7-5-4-6-8-26)13-14-27(33)29-20-23-9-11-24(12-10-23)28(34)31-17-15-30(3)16-18-31/h9-14,19,26H,4-8,15-18,20H2,1-3H3,(H,29,33). The summed E-state index contributed by atoms with van der Waals surface area (Å²) in [5.41, 5.74) is 5.31. The van der Waals surface area contributed by atoms with Crippen LogP contribution in [0.1, 0.15) is 71.0 Å². The van der Waals surface area contributed by atoms with Crippen LogP contribution in [0.4, 0.5) is 0 Å². The number of benzene rings is 1. The van der Waals surface area contributed by atoms with Gasteiger partial charge in [-0.3, -0.25) is 9.59 Å². The van der Waals surface area contributed by atoms with Crippen molar-refractivity contribution in [1.29, 1.82) is 0 Å². The van der Waals surface area contributed by atoms with Crippen molar-refractivity contribution in [1.82, 2.24) is 19.7 Å². The lowest BCUT2D eigenvalue weighted by atomic mass is 9.95. The molecule has 0 unspecified atom stereocenters. The molecule has 1 saturated heterocycles. The van der Waals surface area contributed by atoms with Crippen LogP contribution in [-0.2, 0) is 11.3 Å². The Balaban J connectivity index is 1.30. The molecule has 1 aromatic heterocycles. The third kappa shape index (κ3) is 5.79. The number of aryl methyl sites for hydroxylation is 1. The van der Waals surface area contributed by atoms with Crippen LogP contribution in [0.25, 0.3) is 6.08 Å². The van der Waals surface area contributed by atoms with Crippen LogP contribution in [0.2, 0.25) is 0 Å². The molecule has 2 aliphatic rings. The molecular weight excluding hydrogens is 424 g/mol. The minimum Gasteiger partial charge on any atom is -0.348 e. The zero-order chi connectivity index (χ0) is 24.1. The fraction of sp³-hybridized carbons (Fsp3) is 0.500. The summed E-state index contributed by atoms with van der Waals surface area (Å²) in [5.74, 6) is -0.0301. The molecule has 2 heterocycles. The number of nitrogens with one attached hydrogen (secondary N) is 1. The van der Waals surface area contributed by atoms with Gasteiger partial charge in [0.2, 0.25) is 5.91 Å². The number of rotatable bonds is 6. The lowest BCUT2D eigenvalue weighted by Gasteiger charge is -2.32. The minimum atomic E-state index is -0.111. The van der Waals surface area contributed by atoms with Crippen molar-refractivity contribution in [2.75, 3.05) is 33.2 Å². The molecule has 0 bridgehead atoms. The van der Waals surface area contributed by atoms with E-state index in [1.807, 2.05) is 35.2 Å². The SMILES string of the molecule is Cc1cc(C=CC(=O)NCc2ccc(C(=O)N3CCN(C)CC3)cc2)c(C)n1C1CCCCC1. The quantitative estimate of drug-likeness (QED) is 0.650. The first kappa shape index (κ1) is 24.3. The van der Waals surface area contributed by atoms with Crippen molar-refractivity contribution in [3.63, 3.8) is 0 Å². The Morgan fingerprint density at radius 1 is 1.00 bits per heavy atom. The van der Waals surface area contributed by atoms with E-state index in [4.69, 9.17) is 0 Å². The van der Waals surface area contributed by atoms with Gasteiger partial charge in [0.15, 0.2) is 0 Å². The normalized spacial score (nSPS) is 17.9. The molecule has 1 aliphatic carbocycles. The van der Waals surface area contributed by atoms with E-state index in [1.165, 1.54) is 43.5 Å². The molecule has 2 amide bonds. The molecule has 1 aromatic carbocycles. The van der Waals surface area contributed by atoms with Gasteiger partial charge >= 0.3 is 0 Å². The van der Waals surface area contributed by atoms with Gasteiger partial charge < -0.3 is 19.7 Å². The highest BCUT2D eigenvalue weighted by Gasteiger charge is 2.21. The Labute approximate surface area is 203 Å². The van der Waals surface area contributed by atoms with Crippen LogP contribution in [0.5, 0.6) is 0 Å².